The van der Waals surface area contributed by atoms with Gasteiger partial charge in [0.2, 0.25) is 0 Å². The summed E-state index contributed by atoms with van der Waals surface area (Å²) in [4.78, 5) is 10.6. The van der Waals surface area contributed by atoms with E-state index in [4.69, 9.17) is 5.11 Å². The molecule has 0 aliphatic heterocycles. The molecule has 0 unspecified atom stereocenters. The van der Waals surface area contributed by atoms with Gasteiger partial charge in [-0.1, -0.05) is 35.9 Å². The van der Waals surface area contributed by atoms with Crippen molar-refractivity contribution < 1.29 is 9.90 Å². The zero-order chi connectivity index (χ0) is 13.0. The quantitative estimate of drug-likeness (QED) is 0.875. The van der Waals surface area contributed by atoms with Crippen molar-refractivity contribution in [1.82, 2.24) is 20.2 Å². The van der Waals surface area contributed by atoms with Crippen LogP contribution >= 0.6 is 0 Å². The highest BCUT2D eigenvalue weighted by molar-refractivity contribution is 5.69. The first-order valence-electron chi connectivity index (χ1n) is 5.38. The first-order valence-corrected chi connectivity index (χ1v) is 5.38. The van der Waals surface area contributed by atoms with Crippen LogP contribution in [0.5, 0.6) is 0 Å². The Labute approximate surface area is 104 Å². The highest BCUT2D eigenvalue weighted by Crippen LogP contribution is 2.07. The molecule has 0 spiro atoms. The topological polar surface area (TPSA) is 80.9 Å². The molecule has 1 N–H and O–H groups in total. The van der Waals surface area contributed by atoms with Gasteiger partial charge in [0, 0.05) is 0 Å². The van der Waals surface area contributed by atoms with Crippen molar-refractivity contribution in [3.05, 3.63) is 41.2 Å². The van der Waals surface area contributed by atoms with E-state index in [1.807, 2.05) is 37.3 Å². The molecule has 0 saturated heterocycles. The lowest BCUT2D eigenvalue weighted by atomic mass is 10.1. The van der Waals surface area contributed by atoms with Crippen LogP contribution in [0.15, 0.2) is 24.3 Å². The molecule has 0 aliphatic rings. The number of hydrogen-bond acceptors (Lipinski definition) is 4. The molecule has 0 saturated carbocycles. The second kappa shape index (κ2) is 5.22. The predicted molar refractivity (Wildman–Crippen MR) is 65.6 cm³/mol. The molecule has 2 rings (SSSR count). The number of aromatic nitrogens is 4. The van der Waals surface area contributed by atoms with Crippen molar-refractivity contribution in [3.8, 4) is 0 Å². The molecule has 6 nitrogen and oxygen atoms in total. The summed E-state index contributed by atoms with van der Waals surface area (Å²) in [6, 6.07) is 7.94. The lowest BCUT2D eigenvalue weighted by Gasteiger charge is -1.97. The van der Waals surface area contributed by atoms with Crippen LogP contribution in [0.25, 0.3) is 12.2 Å². The van der Waals surface area contributed by atoms with Crippen molar-refractivity contribution in [2.75, 3.05) is 0 Å². The standard InChI is InChI=1S/C12H12N4O2/c1-9-2-4-10(5-3-9)6-7-11-13-14-15-16(11)8-12(17)18/h2-7H,8H2,1H3,(H,17,18)/b7-6+. The monoisotopic (exact) mass is 244 g/mol. The van der Waals surface area contributed by atoms with Gasteiger partial charge < -0.3 is 5.11 Å². The molecular formula is C12H12N4O2. The zero-order valence-corrected chi connectivity index (χ0v) is 9.82. The maximum atomic E-state index is 10.6. The third-order valence-electron chi connectivity index (χ3n) is 2.35. The van der Waals surface area contributed by atoms with Gasteiger partial charge >= 0.3 is 5.97 Å². The van der Waals surface area contributed by atoms with Gasteiger partial charge in [-0.05, 0) is 29.0 Å². The SMILES string of the molecule is Cc1ccc(/C=C/c2nnnn2CC(=O)O)cc1. The van der Waals surface area contributed by atoms with E-state index in [9.17, 15) is 4.79 Å². The highest BCUT2D eigenvalue weighted by Gasteiger charge is 2.05. The van der Waals surface area contributed by atoms with Gasteiger partial charge in [-0.2, -0.15) is 0 Å². The number of hydrogen-bond donors (Lipinski definition) is 1. The Hall–Kier alpha value is -2.50. The normalized spacial score (nSPS) is 10.9. The van der Waals surface area contributed by atoms with E-state index in [0.717, 1.165) is 5.56 Å². The molecule has 6 heteroatoms. The summed E-state index contributed by atoms with van der Waals surface area (Å²) in [6.45, 7) is 1.77. The molecular weight excluding hydrogens is 232 g/mol. The average Bonchev–Trinajstić information content (AvgIpc) is 2.75. The van der Waals surface area contributed by atoms with Gasteiger partial charge in [0.25, 0.3) is 0 Å². The van der Waals surface area contributed by atoms with Crippen molar-refractivity contribution in [2.24, 2.45) is 0 Å². The van der Waals surface area contributed by atoms with Crippen molar-refractivity contribution in [3.63, 3.8) is 0 Å². The van der Waals surface area contributed by atoms with Gasteiger partial charge in [-0.25, -0.2) is 4.68 Å². The fourth-order valence-electron chi connectivity index (χ4n) is 1.42. The smallest absolute Gasteiger partial charge is 0.325 e. The number of nitrogens with zero attached hydrogens (tertiary/aromatic N) is 4. The Morgan fingerprint density at radius 1 is 1.33 bits per heavy atom. The first kappa shape index (κ1) is 12.0. The van der Waals surface area contributed by atoms with Crippen LogP contribution < -0.4 is 0 Å². The number of aryl methyl sites for hydroxylation is 1. The second-order valence-corrected chi connectivity index (χ2v) is 3.83. The lowest BCUT2D eigenvalue weighted by molar-refractivity contribution is -0.137. The van der Waals surface area contributed by atoms with Crippen LogP contribution in [0.1, 0.15) is 17.0 Å². The van der Waals surface area contributed by atoms with Gasteiger partial charge in [-0.15, -0.1) is 5.10 Å². The first-order chi connectivity index (χ1) is 8.65. The zero-order valence-electron chi connectivity index (χ0n) is 9.82. The number of tetrazole rings is 1. The Morgan fingerprint density at radius 3 is 2.72 bits per heavy atom. The van der Waals surface area contributed by atoms with Crippen molar-refractivity contribution in [2.45, 2.75) is 13.5 Å². The van der Waals surface area contributed by atoms with Crippen LogP contribution in [0, 0.1) is 6.92 Å². The van der Waals surface area contributed by atoms with Crippen molar-refractivity contribution in [1.29, 1.82) is 0 Å². The van der Waals surface area contributed by atoms with E-state index in [-0.39, 0.29) is 6.54 Å². The van der Waals surface area contributed by atoms with Gasteiger partial charge in [0.15, 0.2) is 5.82 Å². The molecule has 18 heavy (non-hydrogen) atoms. The van der Waals surface area contributed by atoms with E-state index < -0.39 is 5.97 Å². The summed E-state index contributed by atoms with van der Waals surface area (Å²) >= 11 is 0. The Bertz CT molecular complexity index is 572. The summed E-state index contributed by atoms with van der Waals surface area (Å²) in [5.74, 6) is -0.565. The molecule has 0 bridgehead atoms. The molecule has 92 valence electrons. The molecule has 1 aromatic heterocycles. The van der Waals surface area contributed by atoms with E-state index in [1.165, 1.54) is 10.2 Å². The summed E-state index contributed by atoms with van der Waals surface area (Å²) in [6.07, 6.45) is 3.52. The summed E-state index contributed by atoms with van der Waals surface area (Å²) in [5, 5.41) is 19.5. The van der Waals surface area contributed by atoms with E-state index in [1.54, 1.807) is 6.08 Å². The van der Waals surface area contributed by atoms with Gasteiger partial charge in [0.05, 0.1) is 0 Å². The third kappa shape index (κ3) is 3.00. The number of carboxylic acids is 1. The van der Waals surface area contributed by atoms with Crippen LogP contribution in [0.2, 0.25) is 0 Å². The highest BCUT2D eigenvalue weighted by atomic mass is 16.4. The van der Waals surface area contributed by atoms with Gasteiger partial charge in [-0.3, -0.25) is 4.79 Å². The molecule has 1 heterocycles. The maximum Gasteiger partial charge on any atom is 0.325 e. The molecule has 0 aliphatic carbocycles. The molecule has 1 aromatic carbocycles. The molecule has 0 radical (unpaired) electrons. The Kier molecular flexibility index (Phi) is 3.47. The average molecular weight is 244 g/mol. The molecule has 0 amide bonds. The summed E-state index contributed by atoms with van der Waals surface area (Å²) in [7, 11) is 0. The molecule has 0 atom stereocenters. The van der Waals surface area contributed by atoms with Crippen molar-refractivity contribution >= 4 is 18.1 Å². The van der Waals surface area contributed by atoms with Crippen LogP contribution in [-0.4, -0.2) is 31.3 Å². The van der Waals surface area contributed by atoms with E-state index >= 15 is 0 Å². The summed E-state index contributed by atoms with van der Waals surface area (Å²) in [5.41, 5.74) is 2.19. The number of rotatable bonds is 4. The Balaban J connectivity index is 2.16. The van der Waals surface area contributed by atoms with Crippen LogP contribution in [-0.2, 0) is 11.3 Å². The maximum absolute atomic E-state index is 10.6. The molecule has 0 fully saturated rings. The van der Waals surface area contributed by atoms with Crippen LogP contribution in [0.4, 0.5) is 0 Å². The largest absolute Gasteiger partial charge is 0.480 e. The lowest BCUT2D eigenvalue weighted by Crippen LogP contribution is -2.11. The Morgan fingerprint density at radius 2 is 2.06 bits per heavy atom. The minimum Gasteiger partial charge on any atom is -0.480 e. The minimum absolute atomic E-state index is 0.249. The van der Waals surface area contributed by atoms with E-state index in [2.05, 4.69) is 15.5 Å². The summed E-state index contributed by atoms with van der Waals surface area (Å²) < 4.78 is 1.23. The van der Waals surface area contributed by atoms with Gasteiger partial charge in [0.1, 0.15) is 6.54 Å². The predicted octanol–water partition coefficient (Wildman–Crippen LogP) is 1.24. The fraction of sp³-hybridized carbons (Fsp3) is 0.167. The molecule has 2 aromatic rings. The van der Waals surface area contributed by atoms with Crippen LogP contribution in [0.3, 0.4) is 0 Å². The minimum atomic E-state index is -0.979. The van der Waals surface area contributed by atoms with E-state index in [0.29, 0.717) is 5.82 Å². The number of aliphatic carboxylic acids is 1. The number of carboxylic acid groups (broad SMARTS) is 1. The number of carbonyl (C=O) groups is 1. The second-order valence-electron chi connectivity index (χ2n) is 3.83. The number of benzene rings is 1. The fourth-order valence-corrected chi connectivity index (χ4v) is 1.42. The third-order valence-corrected chi connectivity index (χ3v) is 2.35.